The second-order valence-corrected chi connectivity index (χ2v) is 1.02. The third kappa shape index (κ3) is 7.92. The quantitative estimate of drug-likeness (QED) is 0.573. The van der Waals surface area contributed by atoms with Crippen LogP contribution in [0, 0.1) is 0 Å². The lowest BCUT2D eigenvalue weighted by atomic mass is 10.4. The Morgan fingerprint density at radius 1 is 1.11 bits per heavy atom. The van der Waals surface area contributed by atoms with Gasteiger partial charge in [-0.25, -0.2) is 0 Å². The van der Waals surface area contributed by atoms with E-state index < -0.39 is 57.1 Å². The highest BCUT2D eigenvalue weighted by Gasteiger charge is 1.90. The molecular formula is C7H18N2. The van der Waals surface area contributed by atoms with Gasteiger partial charge in [0.2, 0.25) is 0 Å². The van der Waals surface area contributed by atoms with Gasteiger partial charge in [-0.3, -0.25) is 0 Å². The molecule has 0 fully saturated rings. The maximum absolute atomic E-state index is 7.75. The summed E-state index contributed by atoms with van der Waals surface area (Å²) in [5, 5.41) is 0. The lowest BCUT2D eigenvalue weighted by molar-refractivity contribution is 0.340. The zero-order chi connectivity index (χ0) is 22.7. The van der Waals surface area contributed by atoms with Crippen molar-refractivity contribution in [2.75, 3.05) is 40.9 Å². The Hall–Kier alpha value is -0.0800. The number of hydrogen-bond acceptors (Lipinski definition) is 2. The van der Waals surface area contributed by atoms with Crippen molar-refractivity contribution in [1.29, 1.82) is 0 Å². The average molecular weight is 148 g/mol. The number of rotatable bonds is 4. The molecule has 0 unspecified atom stereocenters. The molecule has 2 nitrogen and oxygen atoms in total. The minimum atomic E-state index is -4.26. The fraction of sp³-hybridized carbons (Fsp3) is 1.00. The molecule has 0 spiro atoms. The molecule has 0 heterocycles. The van der Waals surface area contributed by atoms with Gasteiger partial charge in [0.05, 0.1) is 0 Å². The molecule has 0 atom stereocenters. The first-order valence-corrected chi connectivity index (χ1v) is 1.84. The molecule has 0 aromatic rings. The van der Waals surface area contributed by atoms with E-state index in [0.717, 1.165) is 0 Å². The van der Waals surface area contributed by atoms with Crippen LogP contribution in [-0.2, 0) is 0 Å². The molecule has 0 aromatic carbocycles. The van der Waals surface area contributed by atoms with E-state index in [0.29, 0.717) is 0 Å². The van der Waals surface area contributed by atoms with Gasteiger partial charge in [-0.15, -0.1) is 0 Å². The van der Waals surface area contributed by atoms with Crippen LogP contribution in [0.5, 0.6) is 0 Å². The van der Waals surface area contributed by atoms with Gasteiger partial charge < -0.3 is 9.80 Å². The third-order valence-electron chi connectivity index (χ3n) is 0.335. The van der Waals surface area contributed by atoms with Gasteiger partial charge in [0.25, 0.3) is 0 Å². The first-order valence-electron chi connectivity index (χ1n) is 10.8. The summed E-state index contributed by atoms with van der Waals surface area (Å²) in [6.07, 6.45) is -4.26. The third-order valence-corrected chi connectivity index (χ3v) is 0.335. The zero-order valence-corrected chi connectivity index (χ0v) is 4.39. The normalized spacial score (nSPS) is 51.3. The number of nitrogens with zero attached hydrogens (tertiary/aromatic N) is 2. The molecule has 0 aliphatic carbocycles. The van der Waals surface area contributed by atoms with Crippen LogP contribution in [0.3, 0.4) is 0 Å². The molecule has 0 N–H and O–H groups in total. The van der Waals surface area contributed by atoms with Crippen molar-refractivity contribution >= 4 is 0 Å². The maximum Gasteiger partial charge on any atom is 0.0431 e. The van der Waals surface area contributed by atoms with E-state index in [1.165, 1.54) is 0 Å². The van der Waals surface area contributed by atoms with Gasteiger partial charge in [-0.2, -0.15) is 0 Å². The lowest BCUT2D eigenvalue weighted by Crippen LogP contribution is -2.20. The molecule has 0 saturated heterocycles. The van der Waals surface area contributed by atoms with Crippen LogP contribution < -0.4 is 0 Å². The summed E-state index contributed by atoms with van der Waals surface area (Å²) in [6, 6.07) is 0. The van der Waals surface area contributed by atoms with E-state index in [2.05, 4.69) is 0 Å². The van der Waals surface area contributed by atoms with Crippen molar-refractivity contribution in [3.63, 3.8) is 0 Å². The molecule has 2 heteroatoms. The van der Waals surface area contributed by atoms with E-state index in [1.807, 2.05) is 0 Å². The standard InChI is InChI=1S/C7H18N2/c1-8(2)6-5-7-9(3)4/h5-7H2,1-4H3/i1D3,2D3,3D3,4D3,5D2,6D2,7D2. The second-order valence-electron chi connectivity index (χ2n) is 1.02. The second kappa shape index (κ2) is 4.77. The Kier molecular flexibility index (Phi) is 0.441. The van der Waals surface area contributed by atoms with Crippen molar-refractivity contribution in [2.45, 2.75) is 6.37 Å². The van der Waals surface area contributed by atoms with E-state index in [9.17, 15) is 0 Å². The van der Waals surface area contributed by atoms with Crippen molar-refractivity contribution in [1.82, 2.24) is 9.80 Å². The van der Waals surface area contributed by atoms with Crippen molar-refractivity contribution in [2.24, 2.45) is 0 Å². The van der Waals surface area contributed by atoms with Crippen LogP contribution in [0.25, 0.3) is 0 Å². The fourth-order valence-corrected chi connectivity index (χ4v) is 0.137. The van der Waals surface area contributed by atoms with Crippen LogP contribution in [0.2, 0.25) is 0 Å². The lowest BCUT2D eigenvalue weighted by Gasteiger charge is -2.12. The molecule has 0 saturated carbocycles. The van der Waals surface area contributed by atoms with Crippen LogP contribution in [0.1, 0.15) is 31.0 Å². The molecule has 0 rings (SSSR count). The molecule has 0 aliphatic heterocycles. The molecule has 0 aliphatic rings. The minimum absolute atomic E-state index is 0.915. The summed E-state index contributed by atoms with van der Waals surface area (Å²) in [4.78, 5) is -1.83. The Morgan fingerprint density at radius 2 is 1.56 bits per heavy atom. The van der Waals surface area contributed by atoms with E-state index in [-0.39, 0.29) is 0 Å². The monoisotopic (exact) mass is 148 g/mol. The van der Waals surface area contributed by atoms with E-state index in [1.54, 1.807) is 0 Å². The van der Waals surface area contributed by atoms with Crippen LogP contribution >= 0.6 is 0 Å². The summed E-state index contributed by atoms with van der Waals surface area (Å²) < 4.78 is 132. The van der Waals surface area contributed by atoms with Gasteiger partial charge >= 0.3 is 0 Å². The Morgan fingerprint density at radius 3 is 1.89 bits per heavy atom. The topological polar surface area (TPSA) is 6.48 Å². The predicted molar refractivity (Wildman–Crippen MR) is 41.7 cm³/mol. The van der Waals surface area contributed by atoms with Gasteiger partial charge in [-0.1, -0.05) is 0 Å². The van der Waals surface area contributed by atoms with E-state index in [4.69, 9.17) is 24.7 Å². The largest absolute Gasteiger partial charge is 0.309 e. The Labute approximate surface area is 83.7 Å². The highest BCUT2D eigenvalue weighted by Crippen LogP contribution is 1.84. The first kappa shape index (κ1) is 0.833. The molecule has 9 heavy (non-hydrogen) atoms. The summed E-state index contributed by atoms with van der Waals surface area (Å²) in [5.41, 5.74) is 0. The molecule has 0 aromatic heterocycles. The van der Waals surface area contributed by atoms with Crippen LogP contribution in [-0.4, -0.2) is 50.7 Å². The summed E-state index contributed by atoms with van der Waals surface area (Å²) in [5.74, 6) is 0. The van der Waals surface area contributed by atoms with Crippen molar-refractivity contribution in [3.8, 4) is 0 Å². The maximum atomic E-state index is 7.75. The van der Waals surface area contributed by atoms with Crippen molar-refractivity contribution in [3.05, 3.63) is 0 Å². The molecule has 0 amide bonds. The van der Waals surface area contributed by atoms with E-state index >= 15 is 0 Å². The van der Waals surface area contributed by atoms with Crippen LogP contribution in [0.15, 0.2) is 0 Å². The summed E-state index contributed by atoms with van der Waals surface area (Å²) >= 11 is 0. The van der Waals surface area contributed by atoms with Crippen LogP contribution in [0.4, 0.5) is 0 Å². The predicted octanol–water partition coefficient (Wildman–Crippen LogP) is 0.500. The summed E-state index contributed by atoms with van der Waals surface area (Å²) in [7, 11) is 0. The van der Waals surface area contributed by atoms with Gasteiger partial charge in [0, 0.05) is 24.7 Å². The minimum Gasteiger partial charge on any atom is -0.309 e. The Bertz CT molecular complexity index is 444. The SMILES string of the molecule is [2H]C([2H])([2H])N(C([2H])([2H])[2H])C([2H])([2H])C([2H])([2H])C([2H])([2H])N(C([2H])([2H])[2H])C([2H])([2H])[2H]. The highest BCUT2D eigenvalue weighted by molar-refractivity contribution is 4.47. The highest BCUT2D eigenvalue weighted by atomic mass is 15.1. The molecule has 0 bridgehead atoms. The fourth-order valence-electron chi connectivity index (χ4n) is 0.137. The molecule has 0 radical (unpaired) electrons. The average Bonchev–Trinajstić information content (AvgIpc) is 2.16. The summed E-state index contributed by atoms with van der Waals surface area (Å²) in [6.45, 7) is -23.6. The van der Waals surface area contributed by atoms with Gasteiger partial charge in [-0.05, 0) is 47.3 Å². The van der Waals surface area contributed by atoms with Gasteiger partial charge in [0.15, 0.2) is 0 Å². The molecular weight excluding hydrogens is 112 g/mol. The zero-order valence-electron chi connectivity index (χ0n) is 22.4. The van der Waals surface area contributed by atoms with Gasteiger partial charge in [0.1, 0.15) is 0 Å². The van der Waals surface area contributed by atoms with Crippen molar-refractivity contribution < 1.29 is 24.7 Å². The number of hydrogen-bond donors (Lipinski definition) is 0. The first-order chi connectivity index (χ1) is 11.2. The smallest absolute Gasteiger partial charge is 0.0431 e. The Balaban J connectivity index is 6.73. The molecule has 56 valence electrons.